The summed E-state index contributed by atoms with van der Waals surface area (Å²) in [6, 6.07) is 5.57. The molecule has 2 aromatic rings. The molecule has 2 aromatic carbocycles. The number of Topliss-reactive ketones (excluding diaryl/α,β-unsaturated/α-hetero) is 1. The van der Waals surface area contributed by atoms with Gasteiger partial charge in [0.25, 0.3) is 0 Å². The number of halogens is 7. The first-order chi connectivity index (χ1) is 12.4. The van der Waals surface area contributed by atoms with Crippen molar-refractivity contribution in [2.45, 2.75) is 25.4 Å². The molecule has 2 nitrogen and oxygen atoms in total. The predicted molar refractivity (Wildman–Crippen MR) is 81.5 cm³/mol. The van der Waals surface area contributed by atoms with Gasteiger partial charge in [0.05, 0.1) is 17.2 Å². The minimum absolute atomic E-state index is 0.0138. The van der Waals surface area contributed by atoms with E-state index in [0.717, 1.165) is 12.1 Å². The maximum atomic E-state index is 12.9. The molecule has 0 aliphatic rings. The van der Waals surface area contributed by atoms with Crippen LogP contribution < -0.4 is 0 Å². The fraction of sp³-hybridized carbons (Fsp3) is 0.278. The molecule has 1 atom stereocenters. The second-order valence-corrected chi connectivity index (χ2v) is 5.72. The molecule has 1 unspecified atom stereocenters. The van der Waals surface area contributed by atoms with Crippen molar-refractivity contribution in [3.8, 4) is 0 Å². The first-order valence-electron chi connectivity index (χ1n) is 7.57. The number of alkyl halides is 6. The Labute approximate surface area is 149 Å². The zero-order valence-electron chi connectivity index (χ0n) is 13.8. The highest BCUT2D eigenvalue weighted by molar-refractivity contribution is 5.97. The van der Waals surface area contributed by atoms with Crippen molar-refractivity contribution >= 4 is 5.78 Å². The molecule has 9 heteroatoms. The van der Waals surface area contributed by atoms with Crippen LogP contribution in [-0.2, 0) is 17.1 Å². The van der Waals surface area contributed by atoms with E-state index in [2.05, 4.69) is 0 Å². The van der Waals surface area contributed by atoms with Crippen LogP contribution in [0.5, 0.6) is 0 Å². The monoisotopic (exact) mass is 394 g/mol. The molecular weight excluding hydrogens is 381 g/mol. The Morgan fingerprint density at radius 2 is 1.41 bits per heavy atom. The van der Waals surface area contributed by atoms with Crippen LogP contribution in [0.1, 0.15) is 40.1 Å². The molecule has 2 rings (SSSR count). The van der Waals surface area contributed by atoms with Crippen LogP contribution in [-0.4, -0.2) is 12.4 Å². The van der Waals surface area contributed by atoms with E-state index in [1.54, 1.807) is 0 Å². The Balaban J connectivity index is 2.20. The second-order valence-electron chi connectivity index (χ2n) is 5.72. The van der Waals surface area contributed by atoms with Crippen molar-refractivity contribution in [3.05, 3.63) is 70.5 Å². The van der Waals surface area contributed by atoms with Gasteiger partial charge in [0.2, 0.25) is 0 Å². The van der Waals surface area contributed by atoms with Crippen LogP contribution >= 0.6 is 0 Å². The quantitative estimate of drug-likeness (QED) is 0.472. The van der Waals surface area contributed by atoms with Gasteiger partial charge in [-0.15, -0.1) is 0 Å². The number of carbonyl (C=O) groups is 1. The van der Waals surface area contributed by atoms with E-state index in [4.69, 9.17) is 4.74 Å². The summed E-state index contributed by atoms with van der Waals surface area (Å²) < 4.78 is 95.2. The van der Waals surface area contributed by atoms with Gasteiger partial charge in [-0.3, -0.25) is 4.79 Å². The van der Waals surface area contributed by atoms with Crippen LogP contribution in [0.4, 0.5) is 30.7 Å². The second kappa shape index (κ2) is 7.67. The predicted octanol–water partition coefficient (Wildman–Crippen LogP) is 5.82. The Morgan fingerprint density at radius 1 is 0.926 bits per heavy atom. The zero-order chi connectivity index (χ0) is 20.4. The minimum atomic E-state index is -4.97. The molecule has 0 aliphatic heterocycles. The number of rotatable bonds is 5. The Kier molecular flexibility index (Phi) is 5.94. The van der Waals surface area contributed by atoms with Gasteiger partial charge < -0.3 is 4.74 Å². The smallest absolute Gasteiger partial charge is 0.366 e. The average Bonchev–Trinajstić information content (AvgIpc) is 2.58. The molecule has 0 spiro atoms. The van der Waals surface area contributed by atoms with Crippen molar-refractivity contribution in [2.24, 2.45) is 0 Å². The van der Waals surface area contributed by atoms with E-state index in [-0.39, 0.29) is 17.2 Å². The number of carbonyl (C=O) groups excluding carboxylic acids is 1. The van der Waals surface area contributed by atoms with Crippen LogP contribution in [0.3, 0.4) is 0 Å². The van der Waals surface area contributed by atoms with Gasteiger partial charge in [-0.25, -0.2) is 4.39 Å². The third-order valence-corrected chi connectivity index (χ3v) is 3.71. The molecule has 0 bridgehead atoms. The number of ketones is 1. The van der Waals surface area contributed by atoms with E-state index in [9.17, 15) is 35.5 Å². The molecule has 0 radical (unpaired) electrons. The van der Waals surface area contributed by atoms with Crippen molar-refractivity contribution in [3.63, 3.8) is 0 Å². The number of hydrogen-bond donors (Lipinski definition) is 0. The first kappa shape index (κ1) is 20.9. The van der Waals surface area contributed by atoms with Crippen molar-refractivity contribution in [1.29, 1.82) is 0 Å². The van der Waals surface area contributed by atoms with Gasteiger partial charge in [0, 0.05) is 5.56 Å². The topological polar surface area (TPSA) is 26.3 Å². The Hall–Kier alpha value is -2.42. The first-order valence-corrected chi connectivity index (χ1v) is 7.57. The standard InChI is InChI=1S/C18H13F7O2/c1-10(27-9-16(26)11-2-4-15(19)5-3-11)12-6-13(17(20,21)22)8-14(7-12)18(23,24)25/h2-8,10H,9H2,1H3. The van der Waals surface area contributed by atoms with Gasteiger partial charge in [0.15, 0.2) is 5.78 Å². The summed E-state index contributed by atoms with van der Waals surface area (Å²) in [5, 5.41) is 0. The van der Waals surface area contributed by atoms with E-state index >= 15 is 0 Å². The molecular formula is C18H13F7O2. The van der Waals surface area contributed by atoms with Crippen LogP contribution in [0.25, 0.3) is 0 Å². The van der Waals surface area contributed by atoms with Gasteiger partial charge >= 0.3 is 12.4 Å². The lowest BCUT2D eigenvalue weighted by Gasteiger charge is -2.18. The lowest BCUT2D eigenvalue weighted by atomic mass is 10.0. The lowest BCUT2D eigenvalue weighted by molar-refractivity contribution is -0.143. The van der Waals surface area contributed by atoms with Gasteiger partial charge in [-0.05, 0) is 55.0 Å². The zero-order valence-corrected chi connectivity index (χ0v) is 13.8. The lowest BCUT2D eigenvalue weighted by Crippen LogP contribution is -2.15. The summed E-state index contributed by atoms with van der Waals surface area (Å²) in [5.74, 6) is -1.16. The molecule has 27 heavy (non-hydrogen) atoms. The Bertz CT molecular complexity index is 776. The molecule has 0 heterocycles. The molecule has 0 saturated heterocycles. The molecule has 0 aromatic heterocycles. The van der Waals surface area contributed by atoms with Crippen LogP contribution in [0, 0.1) is 5.82 Å². The maximum absolute atomic E-state index is 12.9. The largest absolute Gasteiger partial charge is 0.416 e. The number of hydrogen-bond acceptors (Lipinski definition) is 2. The van der Waals surface area contributed by atoms with Gasteiger partial charge in [-0.1, -0.05) is 0 Å². The van der Waals surface area contributed by atoms with E-state index in [1.165, 1.54) is 19.1 Å². The maximum Gasteiger partial charge on any atom is 0.416 e. The molecule has 0 aliphatic carbocycles. The summed E-state index contributed by atoms with van der Waals surface area (Å²) >= 11 is 0. The van der Waals surface area contributed by atoms with Crippen molar-refractivity contribution in [1.82, 2.24) is 0 Å². The summed E-state index contributed by atoms with van der Waals surface area (Å²) in [4.78, 5) is 11.9. The molecule has 146 valence electrons. The highest BCUT2D eigenvalue weighted by Crippen LogP contribution is 2.37. The molecule has 0 fully saturated rings. The van der Waals surface area contributed by atoms with Gasteiger partial charge in [0.1, 0.15) is 12.4 Å². The number of ether oxygens (including phenoxy) is 1. The Morgan fingerprint density at radius 3 is 1.85 bits per heavy atom. The summed E-state index contributed by atoms with van der Waals surface area (Å²) in [5.41, 5.74) is -3.20. The number of benzene rings is 2. The molecule has 0 amide bonds. The normalized spacial score (nSPS) is 13.5. The van der Waals surface area contributed by atoms with E-state index in [1.807, 2.05) is 0 Å². The van der Waals surface area contributed by atoms with Crippen LogP contribution in [0.15, 0.2) is 42.5 Å². The summed E-state index contributed by atoms with van der Waals surface area (Å²) in [7, 11) is 0. The minimum Gasteiger partial charge on any atom is -0.366 e. The highest BCUT2D eigenvalue weighted by Gasteiger charge is 2.37. The van der Waals surface area contributed by atoms with Gasteiger partial charge in [-0.2, -0.15) is 26.3 Å². The summed E-state index contributed by atoms with van der Waals surface area (Å²) in [6.07, 6.45) is -11.2. The van der Waals surface area contributed by atoms with Crippen LogP contribution in [0.2, 0.25) is 0 Å². The van der Waals surface area contributed by atoms with E-state index < -0.39 is 47.8 Å². The van der Waals surface area contributed by atoms with Crippen molar-refractivity contribution < 1.29 is 40.3 Å². The fourth-order valence-electron chi connectivity index (χ4n) is 2.23. The van der Waals surface area contributed by atoms with E-state index in [0.29, 0.717) is 12.1 Å². The third-order valence-electron chi connectivity index (χ3n) is 3.71. The highest BCUT2D eigenvalue weighted by atomic mass is 19.4. The summed E-state index contributed by atoms with van der Waals surface area (Å²) in [6.45, 7) is 0.637. The molecule has 0 N–H and O–H groups in total. The van der Waals surface area contributed by atoms with Crippen molar-refractivity contribution in [2.75, 3.05) is 6.61 Å². The SMILES string of the molecule is CC(OCC(=O)c1ccc(F)cc1)c1cc(C(F)(F)F)cc(C(F)(F)F)c1. The average molecular weight is 394 g/mol. The third kappa shape index (κ3) is 5.53. The fourth-order valence-corrected chi connectivity index (χ4v) is 2.23. The molecule has 0 saturated carbocycles.